The van der Waals surface area contributed by atoms with Gasteiger partial charge in [0.05, 0.1) is 17.2 Å². The predicted molar refractivity (Wildman–Crippen MR) is 93.8 cm³/mol. The number of amides is 2. The number of carbonyl (C=O) groups excluding carboxylic acids is 2. The van der Waals surface area contributed by atoms with Gasteiger partial charge in [-0.2, -0.15) is 0 Å². The first-order valence-electron chi connectivity index (χ1n) is 7.93. The molecule has 0 N–H and O–H groups in total. The monoisotopic (exact) mass is 352 g/mol. The van der Waals surface area contributed by atoms with Crippen molar-refractivity contribution in [1.82, 2.24) is 4.90 Å². The van der Waals surface area contributed by atoms with Crippen LogP contribution in [0.1, 0.15) is 24.5 Å². The molecule has 7 heteroatoms. The molecule has 1 aromatic rings. The summed E-state index contributed by atoms with van der Waals surface area (Å²) < 4.78 is 23.2. The standard InChI is InChI=1S/C17H24N2O4S/c1-12-6-5-7-13(2)17(12)19(14(3)20)10-16(21)18(4)15-8-9-24(22,23)11-15/h5-7,15H,8-11H2,1-4H3. The summed E-state index contributed by atoms with van der Waals surface area (Å²) in [5.74, 6) is -0.357. The maximum atomic E-state index is 12.6. The van der Waals surface area contributed by atoms with E-state index >= 15 is 0 Å². The van der Waals surface area contributed by atoms with E-state index in [-0.39, 0.29) is 35.9 Å². The maximum absolute atomic E-state index is 12.6. The largest absolute Gasteiger partial charge is 0.340 e. The molecule has 1 heterocycles. The summed E-state index contributed by atoms with van der Waals surface area (Å²) in [7, 11) is -1.45. The summed E-state index contributed by atoms with van der Waals surface area (Å²) >= 11 is 0. The molecule has 0 spiro atoms. The van der Waals surface area contributed by atoms with E-state index in [2.05, 4.69) is 0 Å². The van der Waals surface area contributed by atoms with Gasteiger partial charge in [0.25, 0.3) is 0 Å². The second-order valence-electron chi connectivity index (χ2n) is 6.41. The van der Waals surface area contributed by atoms with Crippen molar-refractivity contribution in [2.45, 2.75) is 33.2 Å². The zero-order valence-corrected chi connectivity index (χ0v) is 15.4. The SMILES string of the molecule is CC(=O)N(CC(=O)N(C)C1CCS(=O)(=O)C1)c1c(C)cccc1C. The lowest BCUT2D eigenvalue weighted by atomic mass is 10.1. The molecular weight excluding hydrogens is 328 g/mol. The van der Waals surface area contributed by atoms with Gasteiger partial charge >= 0.3 is 0 Å². The average molecular weight is 352 g/mol. The van der Waals surface area contributed by atoms with Crippen LogP contribution in [0.3, 0.4) is 0 Å². The molecule has 1 aliphatic rings. The van der Waals surface area contributed by atoms with Crippen molar-refractivity contribution >= 4 is 27.3 Å². The van der Waals surface area contributed by atoms with Crippen LogP contribution in [0, 0.1) is 13.8 Å². The van der Waals surface area contributed by atoms with Gasteiger partial charge in [-0.3, -0.25) is 9.59 Å². The molecule has 2 rings (SSSR count). The van der Waals surface area contributed by atoms with Crippen molar-refractivity contribution in [3.63, 3.8) is 0 Å². The van der Waals surface area contributed by atoms with Gasteiger partial charge in [-0.1, -0.05) is 18.2 Å². The molecule has 1 aliphatic heterocycles. The number of aryl methyl sites for hydroxylation is 2. The Morgan fingerprint density at radius 2 is 1.79 bits per heavy atom. The minimum atomic E-state index is -3.06. The number of hydrogen-bond donors (Lipinski definition) is 0. The number of benzene rings is 1. The van der Waals surface area contributed by atoms with Gasteiger partial charge in [0.15, 0.2) is 9.84 Å². The zero-order valence-electron chi connectivity index (χ0n) is 14.6. The van der Waals surface area contributed by atoms with Crippen molar-refractivity contribution in [1.29, 1.82) is 0 Å². The van der Waals surface area contributed by atoms with Crippen LogP contribution in [0.25, 0.3) is 0 Å². The highest BCUT2D eigenvalue weighted by atomic mass is 32.2. The molecule has 1 saturated heterocycles. The van der Waals surface area contributed by atoms with Crippen molar-refractivity contribution in [2.75, 3.05) is 30.0 Å². The first kappa shape index (κ1) is 18.4. The lowest BCUT2D eigenvalue weighted by molar-refractivity contribution is -0.131. The Hall–Kier alpha value is -1.89. The minimum absolute atomic E-state index is 0.00129. The van der Waals surface area contributed by atoms with Crippen LogP contribution in [-0.4, -0.2) is 56.3 Å². The summed E-state index contributed by atoms with van der Waals surface area (Å²) in [5.41, 5.74) is 2.58. The Labute approximate surface area is 143 Å². The van der Waals surface area contributed by atoms with Crippen molar-refractivity contribution in [2.24, 2.45) is 0 Å². The molecule has 1 atom stereocenters. The van der Waals surface area contributed by atoms with Gasteiger partial charge in [-0.05, 0) is 31.4 Å². The van der Waals surface area contributed by atoms with Crippen molar-refractivity contribution in [3.05, 3.63) is 29.3 Å². The molecule has 132 valence electrons. The quantitative estimate of drug-likeness (QED) is 0.819. The van der Waals surface area contributed by atoms with E-state index in [1.807, 2.05) is 32.0 Å². The highest BCUT2D eigenvalue weighted by Crippen LogP contribution is 2.25. The Morgan fingerprint density at radius 1 is 1.21 bits per heavy atom. The van der Waals surface area contributed by atoms with E-state index in [1.165, 1.54) is 16.7 Å². The summed E-state index contributed by atoms with van der Waals surface area (Å²) in [6.45, 7) is 5.14. The molecule has 0 aromatic heterocycles. The number of sulfone groups is 1. The fourth-order valence-electron chi connectivity index (χ4n) is 3.11. The molecule has 1 fully saturated rings. The normalized spacial score (nSPS) is 19.1. The van der Waals surface area contributed by atoms with E-state index in [0.29, 0.717) is 6.42 Å². The lowest BCUT2D eigenvalue weighted by Gasteiger charge is -2.29. The van der Waals surface area contributed by atoms with E-state index in [4.69, 9.17) is 0 Å². The smallest absolute Gasteiger partial charge is 0.242 e. The molecule has 1 aromatic carbocycles. The van der Waals surface area contributed by atoms with Gasteiger partial charge in [0.1, 0.15) is 6.54 Å². The Balaban J connectivity index is 2.19. The molecule has 0 radical (unpaired) electrons. The van der Waals surface area contributed by atoms with E-state index in [1.54, 1.807) is 7.05 Å². The highest BCUT2D eigenvalue weighted by molar-refractivity contribution is 7.91. The Kier molecular flexibility index (Phi) is 5.32. The van der Waals surface area contributed by atoms with Gasteiger partial charge < -0.3 is 9.80 Å². The third kappa shape index (κ3) is 3.95. The number of likely N-dealkylation sites (N-methyl/N-ethyl adjacent to an activating group) is 1. The van der Waals surface area contributed by atoms with Crippen LogP contribution in [0.5, 0.6) is 0 Å². The van der Waals surface area contributed by atoms with Crippen LogP contribution >= 0.6 is 0 Å². The second-order valence-corrected chi connectivity index (χ2v) is 8.64. The molecule has 6 nitrogen and oxygen atoms in total. The number of rotatable bonds is 4. The average Bonchev–Trinajstić information content (AvgIpc) is 2.84. The summed E-state index contributed by atoms with van der Waals surface area (Å²) in [5, 5.41) is 0. The number of nitrogens with zero attached hydrogens (tertiary/aromatic N) is 2. The molecular formula is C17H24N2O4S. The van der Waals surface area contributed by atoms with Gasteiger partial charge in [-0.25, -0.2) is 8.42 Å². The minimum Gasteiger partial charge on any atom is -0.340 e. The van der Waals surface area contributed by atoms with Crippen LogP contribution in [0.4, 0.5) is 5.69 Å². The van der Waals surface area contributed by atoms with Crippen LogP contribution in [-0.2, 0) is 19.4 Å². The third-order valence-electron chi connectivity index (χ3n) is 4.53. The Bertz CT molecular complexity index is 738. The predicted octanol–water partition coefficient (Wildman–Crippen LogP) is 1.30. The molecule has 0 aliphatic carbocycles. The topological polar surface area (TPSA) is 74.8 Å². The number of hydrogen-bond acceptors (Lipinski definition) is 4. The van der Waals surface area contributed by atoms with Crippen LogP contribution in [0.2, 0.25) is 0 Å². The van der Waals surface area contributed by atoms with Crippen molar-refractivity contribution < 1.29 is 18.0 Å². The molecule has 0 saturated carbocycles. The molecule has 1 unspecified atom stereocenters. The fraction of sp³-hybridized carbons (Fsp3) is 0.529. The molecule has 2 amide bonds. The third-order valence-corrected chi connectivity index (χ3v) is 6.28. The number of anilines is 1. The molecule has 0 bridgehead atoms. The zero-order chi connectivity index (χ0) is 18.1. The summed E-state index contributed by atoms with van der Waals surface area (Å²) in [4.78, 5) is 27.6. The van der Waals surface area contributed by atoms with E-state index in [9.17, 15) is 18.0 Å². The maximum Gasteiger partial charge on any atom is 0.242 e. The first-order valence-corrected chi connectivity index (χ1v) is 9.75. The van der Waals surface area contributed by atoms with Gasteiger partial charge in [-0.15, -0.1) is 0 Å². The number of carbonyl (C=O) groups is 2. The lowest BCUT2D eigenvalue weighted by Crippen LogP contribution is -2.45. The number of para-hydroxylation sites is 1. The summed E-state index contributed by atoms with van der Waals surface area (Å²) in [6.07, 6.45) is 0.452. The van der Waals surface area contributed by atoms with E-state index in [0.717, 1.165) is 16.8 Å². The fourth-order valence-corrected chi connectivity index (χ4v) is 4.88. The molecule has 24 heavy (non-hydrogen) atoms. The van der Waals surface area contributed by atoms with E-state index < -0.39 is 9.84 Å². The van der Waals surface area contributed by atoms with Gasteiger partial charge in [0.2, 0.25) is 11.8 Å². The highest BCUT2D eigenvalue weighted by Gasteiger charge is 2.33. The van der Waals surface area contributed by atoms with Crippen LogP contribution in [0.15, 0.2) is 18.2 Å². The van der Waals surface area contributed by atoms with Crippen LogP contribution < -0.4 is 4.90 Å². The van der Waals surface area contributed by atoms with Crippen molar-refractivity contribution in [3.8, 4) is 0 Å². The summed E-state index contributed by atoms with van der Waals surface area (Å²) in [6, 6.07) is 5.39. The van der Waals surface area contributed by atoms with Gasteiger partial charge in [0, 0.05) is 20.0 Å². The second kappa shape index (κ2) is 6.93. The Morgan fingerprint density at radius 3 is 2.25 bits per heavy atom. The first-order chi connectivity index (χ1) is 11.1.